The van der Waals surface area contributed by atoms with Crippen LogP contribution in [0.25, 0.3) is 11.3 Å². The number of ketones is 1. The second-order valence-electron chi connectivity index (χ2n) is 7.63. The molecule has 0 aliphatic rings. The van der Waals surface area contributed by atoms with Gasteiger partial charge in [-0.15, -0.1) is 0 Å². The lowest BCUT2D eigenvalue weighted by Gasteiger charge is -2.05. The molecule has 0 saturated heterocycles. The quantitative estimate of drug-likeness (QED) is 0.334. The summed E-state index contributed by atoms with van der Waals surface area (Å²) in [6.45, 7) is 0. The van der Waals surface area contributed by atoms with E-state index in [0.717, 1.165) is 16.9 Å². The predicted molar refractivity (Wildman–Crippen MR) is 135 cm³/mol. The molecule has 0 fully saturated rings. The Labute approximate surface area is 202 Å². The van der Waals surface area contributed by atoms with Crippen molar-refractivity contribution in [3.05, 3.63) is 107 Å². The molecule has 1 N–H and O–H groups in total. The van der Waals surface area contributed by atoms with Gasteiger partial charge in [-0.05, 0) is 5.56 Å². The number of hydrogen-bond acceptors (Lipinski definition) is 6. The summed E-state index contributed by atoms with van der Waals surface area (Å²) >= 11 is 1.08. The van der Waals surface area contributed by atoms with E-state index >= 15 is 0 Å². The zero-order chi connectivity index (χ0) is 24.0. The van der Waals surface area contributed by atoms with Gasteiger partial charge >= 0.3 is 0 Å². The van der Waals surface area contributed by atoms with E-state index in [0.29, 0.717) is 21.7 Å². The molecule has 3 aromatic carbocycles. The fourth-order valence-electron chi connectivity index (χ4n) is 3.37. The van der Waals surface area contributed by atoms with Crippen LogP contribution in [0.3, 0.4) is 0 Å². The summed E-state index contributed by atoms with van der Waals surface area (Å²) in [5, 5.41) is 2.92. The van der Waals surface area contributed by atoms with Gasteiger partial charge in [0, 0.05) is 17.5 Å². The van der Waals surface area contributed by atoms with Crippen LogP contribution < -0.4 is 5.32 Å². The highest BCUT2D eigenvalue weighted by molar-refractivity contribution is 7.90. The van der Waals surface area contributed by atoms with Crippen LogP contribution in [0.1, 0.15) is 27.2 Å². The predicted octanol–water partition coefficient (Wildman–Crippen LogP) is 4.98. The van der Waals surface area contributed by atoms with Gasteiger partial charge in [0.15, 0.2) is 15.0 Å². The smallest absolute Gasteiger partial charge is 0.227 e. The number of nitrogens with zero attached hydrogens (tertiary/aromatic N) is 1. The summed E-state index contributed by atoms with van der Waals surface area (Å²) in [6.07, 6.45) is -0.197. The number of thiazole rings is 1. The van der Waals surface area contributed by atoms with Crippen LogP contribution in [-0.4, -0.2) is 30.8 Å². The van der Waals surface area contributed by atoms with Crippen LogP contribution in [0.5, 0.6) is 0 Å². The van der Waals surface area contributed by atoms with Crippen molar-refractivity contribution >= 4 is 38.0 Å². The molecule has 6 nitrogen and oxygen atoms in total. The van der Waals surface area contributed by atoms with Gasteiger partial charge in [0.05, 0.1) is 17.2 Å². The van der Waals surface area contributed by atoms with Crippen molar-refractivity contribution in [3.8, 4) is 11.3 Å². The molecule has 0 bridgehead atoms. The van der Waals surface area contributed by atoms with Crippen molar-refractivity contribution in [3.63, 3.8) is 0 Å². The summed E-state index contributed by atoms with van der Waals surface area (Å²) in [6, 6.07) is 27.0. The fourth-order valence-corrected chi connectivity index (χ4v) is 5.68. The molecule has 34 heavy (non-hydrogen) atoms. The summed E-state index contributed by atoms with van der Waals surface area (Å²) in [5.74, 6) is -1.06. The molecule has 0 atom stereocenters. The molecule has 0 aliphatic carbocycles. The van der Waals surface area contributed by atoms with E-state index in [4.69, 9.17) is 0 Å². The molecule has 8 heteroatoms. The molecule has 1 heterocycles. The highest BCUT2D eigenvalue weighted by atomic mass is 32.2. The number of nitrogens with one attached hydrogen (secondary N) is 1. The van der Waals surface area contributed by atoms with Gasteiger partial charge in [0.1, 0.15) is 4.88 Å². The average molecular weight is 491 g/mol. The van der Waals surface area contributed by atoms with E-state index in [1.807, 2.05) is 42.5 Å². The Kier molecular flexibility index (Phi) is 7.30. The lowest BCUT2D eigenvalue weighted by Crippen LogP contribution is -2.18. The SMILES string of the molecule is O=C(CCS(=O)(=O)Cc1ccccc1)Nc1nc(-c2ccccc2)c(C(=O)c2ccccc2)s1. The molecular weight excluding hydrogens is 468 g/mol. The third-order valence-corrected chi connectivity index (χ3v) is 7.60. The molecule has 0 aliphatic heterocycles. The molecule has 0 unspecified atom stereocenters. The van der Waals surface area contributed by atoms with Crippen LogP contribution >= 0.6 is 11.3 Å². The van der Waals surface area contributed by atoms with E-state index in [1.54, 1.807) is 48.5 Å². The molecule has 172 valence electrons. The van der Waals surface area contributed by atoms with Crippen molar-refractivity contribution in [2.75, 3.05) is 11.1 Å². The number of sulfone groups is 1. The minimum atomic E-state index is -3.45. The van der Waals surface area contributed by atoms with Gasteiger partial charge in [-0.1, -0.05) is 102 Å². The van der Waals surface area contributed by atoms with E-state index < -0.39 is 15.7 Å². The number of amides is 1. The van der Waals surface area contributed by atoms with Crippen molar-refractivity contribution < 1.29 is 18.0 Å². The van der Waals surface area contributed by atoms with Crippen LogP contribution in [-0.2, 0) is 20.4 Å². The average Bonchev–Trinajstić information content (AvgIpc) is 3.27. The van der Waals surface area contributed by atoms with Crippen molar-refractivity contribution in [1.29, 1.82) is 0 Å². The molecule has 4 rings (SSSR count). The number of rotatable bonds is 9. The molecule has 1 aromatic heterocycles. The first kappa shape index (κ1) is 23.5. The molecule has 0 saturated carbocycles. The lowest BCUT2D eigenvalue weighted by molar-refractivity contribution is -0.115. The second-order valence-corrected chi connectivity index (χ2v) is 10.8. The standard InChI is InChI=1S/C26H22N2O4S2/c29-22(16-17-34(31,32)18-19-10-4-1-5-11-19)27-26-28-23(20-12-6-2-7-13-20)25(33-26)24(30)21-14-8-3-9-15-21/h1-15H,16-18H2,(H,27,28,29). The molecule has 1 amide bonds. The van der Waals surface area contributed by atoms with Gasteiger partial charge in [-0.25, -0.2) is 13.4 Å². The molecule has 0 radical (unpaired) electrons. The van der Waals surface area contributed by atoms with Crippen molar-refractivity contribution in [2.45, 2.75) is 12.2 Å². The summed E-state index contributed by atoms with van der Waals surface area (Å²) in [4.78, 5) is 30.6. The highest BCUT2D eigenvalue weighted by Crippen LogP contribution is 2.33. The summed E-state index contributed by atoms with van der Waals surface area (Å²) < 4.78 is 24.8. The number of carbonyl (C=O) groups excluding carboxylic acids is 2. The third kappa shape index (κ3) is 6.03. The van der Waals surface area contributed by atoms with Crippen LogP contribution in [0.4, 0.5) is 5.13 Å². The van der Waals surface area contributed by atoms with Gasteiger partial charge in [0.25, 0.3) is 0 Å². The molecule has 4 aromatic rings. The monoisotopic (exact) mass is 490 g/mol. The van der Waals surface area contributed by atoms with E-state index in [9.17, 15) is 18.0 Å². The van der Waals surface area contributed by atoms with Gasteiger partial charge in [-0.2, -0.15) is 0 Å². The topological polar surface area (TPSA) is 93.2 Å². The van der Waals surface area contributed by atoms with E-state index in [2.05, 4.69) is 10.3 Å². The first-order chi connectivity index (χ1) is 16.4. The number of anilines is 1. The van der Waals surface area contributed by atoms with Crippen LogP contribution in [0.2, 0.25) is 0 Å². The highest BCUT2D eigenvalue weighted by Gasteiger charge is 2.22. The number of carbonyl (C=O) groups is 2. The Hall–Kier alpha value is -3.62. The van der Waals surface area contributed by atoms with E-state index in [-0.39, 0.29) is 28.8 Å². The normalized spacial score (nSPS) is 11.2. The van der Waals surface area contributed by atoms with E-state index in [1.165, 1.54) is 0 Å². The summed E-state index contributed by atoms with van der Waals surface area (Å²) in [7, 11) is -3.45. The Bertz CT molecular complexity index is 1380. The second kappa shape index (κ2) is 10.5. The zero-order valence-corrected chi connectivity index (χ0v) is 19.8. The maximum atomic E-state index is 13.1. The van der Waals surface area contributed by atoms with Gasteiger partial charge in [-0.3, -0.25) is 9.59 Å². The maximum Gasteiger partial charge on any atom is 0.227 e. The lowest BCUT2D eigenvalue weighted by atomic mass is 10.1. The Morgan fingerprint density at radius 3 is 2.06 bits per heavy atom. The van der Waals surface area contributed by atoms with Gasteiger partial charge in [0.2, 0.25) is 11.7 Å². The van der Waals surface area contributed by atoms with Crippen LogP contribution in [0, 0.1) is 0 Å². The Balaban J connectivity index is 1.50. The Morgan fingerprint density at radius 1 is 0.824 bits per heavy atom. The first-order valence-corrected chi connectivity index (χ1v) is 13.3. The minimum absolute atomic E-state index is 0.119. The molecule has 0 spiro atoms. The van der Waals surface area contributed by atoms with Crippen molar-refractivity contribution in [1.82, 2.24) is 4.98 Å². The number of aromatic nitrogens is 1. The minimum Gasteiger partial charge on any atom is -0.302 e. The van der Waals surface area contributed by atoms with Gasteiger partial charge < -0.3 is 5.32 Å². The molecular formula is C26H22N2O4S2. The van der Waals surface area contributed by atoms with Crippen molar-refractivity contribution in [2.24, 2.45) is 0 Å². The zero-order valence-electron chi connectivity index (χ0n) is 18.2. The maximum absolute atomic E-state index is 13.1. The third-order valence-electron chi connectivity index (χ3n) is 5.03. The first-order valence-electron chi connectivity index (χ1n) is 10.6. The number of hydrogen-bond donors (Lipinski definition) is 1. The fraction of sp³-hybridized carbons (Fsp3) is 0.115. The number of benzene rings is 3. The van der Waals surface area contributed by atoms with Crippen LogP contribution in [0.15, 0.2) is 91.0 Å². The largest absolute Gasteiger partial charge is 0.302 e. The summed E-state index contributed by atoms with van der Waals surface area (Å²) in [5.41, 5.74) is 2.43. The Morgan fingerprint density at radius 2 is 1.41 bits per heavy atom.